The number of rotatable bonds is 13. The van der Waals surface area contributed by atoms with Crippen molar-refractivity contribution in [3.05, 3.63) is 46.2 Å². The molecule has 0 saturated heterocycles. The quantitative estimate of drug-likeness (QED) is 0.171. The van der Waals surface area contributed by atoms with E-state index in [9.17, 15) is 9.36 Å². The Morgan fingerprint density at radius 3 is 2.57 bits per heavy atom. The van der Waals surface area contributed by atoms with Crippen LogP contribution in [0.1, 0.15) is 40.7 Å². The van der Waals surface area contributed by atoms with Crippen LogP contribution < -0.4 is 10.5 Å². The Labute approximate surface area is 185 Å². The van der Waals surface area contributed by atoms with E-state index in [4.69, 9.17) is 20.3 Å². The van der Waals surface area contributed by atoms with E-state index >= 15 is 0 Å². The number of phosphoric acid groups is 1. The van der Waals surface area contributed by atoms with Crippen LogP contribution in [0.15, 0.2) is 41.3 Å². The zero-order chi connectivity index (χ0) is 22.2. The number of phosphoric ester groups is 1. The lowest BCUT2D eigenvalue weighted by atomic mass is 9.98. The number of aryl methyl sites for hydroxylation is 1. The number of hydrogen-bond acceptors (Lipinski definition) is 7. The van der Waals surface area contributed by atoms with Crippen molar-refractivity contribution >= 4 is 36.7 Å². The first-order valence-electron chi connectivity index (χ1n) is 9.46. The van der Waals surface area contributed by atoms with Gasteiger partial charge < -0.3 is 20.3 Å². The summed E-state index contributed by atoms with van der Waals surface area (Å²) >= 11 is 3.09. The molecule has 166 valence electrons. The highest BCUT2D eigenvalue weighted by Crippen LogP contribution is 2.37. The molecule has 0 saturated carbocycles. The van der Waals surface area contributed by atoms with Crippen molar-refractivity contribution in [3.8, 4) is 5.75 Å². The van der Waals surface area contributed by atoms with Crippen molar-refractivity contribution in [2.75, 3.05) is 19.5 Å². The first kappa shape index (κ1) is 25.1. The van der Waals surface area contributed by atoms with E-state index in [0.717, 1.165) is 10.6 Å². The third-order valence-corrected chi connectivity index (χ3v) is 6.71. The summed E-state index contributed by atoms with van der Waals surface area (Å²) in [5.41, 5.74) is 5.16. The van der Waals surface area contributed by atoms with Gasteiger partial charge in [0.2, 0.25) is 0 Å². The number of carbonyl (C=O) groups is 1. The summed E-state index contributed by atoms with van der Waals surface area (Å²) in [6, 6.07) is 11.6. The maximum Gasteiger partial charge on any atom is 0.469 e. The SMILES string of the molecule is CSc1ccc(OCCCC(=O)c2ccc(CCC(C)(N)COP(=O)(O)O)s2)cc1. The monoisotopic (exact) mass is 473 g/mol. The van der Waals surface area contributed by atoms with E-state index in [2.05, 4.69) is 4.52 Å². The average molecular weight is 474 g/mol. The molecule has 0 aliphatic rings. The minimum absolute atomic E-state index is 0.0768. The summed E-state index contributed by atoms with van der Waals surface area (Å²) in [6.07, 6.45) is 4.15. The molecule has 1 aromatic carbocycles. The van der Waals surface area contributed by atoms with Crippen molar-refractivity contribution in [3.63, 3.8) is 0 Å². The van der Waals surface area contributed by atoms with Gasteiger partial charge in [0, 0.05) is 21.7 Å². The van der Waals surface area contributed by atoms with E-state index in [-0.39, 0.29) is 12.4 Å². The number of benzene rings is 1. The predicted molar refractivity (Wildman–Crippen MR) is 121 cm³/mol. The van der Waals surface area contributed by atoms with E-state index in [0.29, 0.717) is 37.2 Å². The molecule has 0 spiro atoms. The molecule has 0 aliphatic carbocycles. The van der Waals surface area contributed by atoms with Crippen LogP contribution in [-0.2, 0) is 15.5 Å². The highest BCUT2D eigenvalue weighted by molar-refractivity contribution is 7.98. The molecule has 0 aliphatic heterocycles. The molecular weight excluding hydrogens is 445 g/mol. The van der Waals surface area contributed by atoms with E-state index in [1.165, 1.54) is 16.2 Å². The summed E-state index contributed by atoms with van der Waals surface area (Å²) < 4.78 is 21.0. The Hall–Kier alpha value is -1.19. The number of ketones is 1. The lowest BCUT2D eigenvalue weighted by Gasteiger charge is -2.24. The van der Waals surface area contributed by atoms with Gasteiger partial charge in [-0.3, -0.25) is 9.32 Å². The number of thioether (sulfide) groups is 1. The zero-order valence-corrected chi connectivity index (χ0v) is 19.6. The highest BCUT2D eigenvalue weighted by Gasteiger charge is 2.24. The molecule has 1 unspecified atom stereocenters. The van der Waals surface area contributed by atoms with E-state index in [1.807, 2.05) is 42.7 Å². The van der Waals surface area contributed by atoms with Crippen molar-refractivity contribution in [1.29, 1.82) is 0 Å². The Kier molecular flexibility index (Phi) is 9.56. The standard InChI is InChI=1S/C20H28NO6PS2/c1-20(21,14-27-28(23,24)25)12-11-17-9-10-19(30-17)18(22)4-3-13-26-15-5-7-16(29-2)8-6-15/h5-10H,3-4,11-14,21H2,1-2H3,(H2,23,24,25). The molecule has 0 fully saturated rings. The van der Waals surface area contributed by atoms with E-state index < -0.39 is 13.4 Å². The minimum Gasteiger partial charge on any atom is -0.494 e. The first-order valence-corrected chi connectivity index (χ1v) is 13.0. The van der Waals surface area contributed by atoms with Crippen LogP contribution in [-0.4, -0.2) is 40.6 Å². The van der Waals surface area contributed by atoms with Crippen LogP contribution in [0.2, 0.25) is 0 Å². The molecular formula is C20H28NO6PS2. The summed E-state index contributed by atoms with van der Waals surface area (Å²) in [7, 11) is -4.54. The fourth-order valence-corrected chi connectivity index (χ4v) is 4.44. The summed E-state index contributed by atoms with van der Waals surface area (Å²) in [4.78, 5) is 32.8. The van der Waals surface area contributed by atoms with Crippen molar-refractivity contribution in [1.82, 2.24) is 0 Å². The third-order valence-electron chi connectivity index (χ3n) is 4.32. The Morgan fingerprint density at radius 1 is 1.23 bits per heavy atom. The van der Waals surface area contributed by atoms with Gasteiger partial charge in [-0.25, -0.2) is 4.57 Å². The van der Waals surface area contributed by atoms with Gasteiger partial charge in [-0.05, 0) is 68.8 Å². The highest BCUT2D eigenvalue weighted by atomic mass is 32.2. The molecule has 0 bridgehead atoms. The van der Waals surface area contributed by atoms with Crippen molar-refractivity contribution in [2.45, 2.75) is 43.0 Å². The number of ether oxygens (including phenoxy) is 1. The molecule has 1 atom stereocenters. The molecule has 2 rings (SSSR count). The number of Topliss-reactive ketones (excluding diaryl/α,β-unsaturated/α-hetero) is 1. The maximum absolute atomic E-state index is 12.4. The second-order valence-corrected chi connectivity index (χ2v) is 10.5. The van der Waals surface area contributed by atoms with Crippen LogP contribution in [0.5, 0.6) is 5.75 Å². The van der Waals surface area contributed by atoms with E-state index in [1.54, 1.807) is 18.7 Å². The predicted octanol–water partition coefficient (Wildman–Crippen LogP) is 4.27. The first-order chi connectivity index (χ1) is 14.1. The van der Waals surface area contributed by atoms with Crippen LogP contribution in [0.3, 0.4) is 0 Å². The molecule has 4 N–H and O–H groups in total. The average Bonchev–Trinajstić information content (AvgIpc) is 3.17. The van der Waals surface area contributed by atoms with Crippen LogP contribution in [0.4, 0.5) is 0 Å². The van der Waals surface area contributed by atoms with Gasteiger partial charge in [0.1, 0.15) is 5.75 Å². The smallest absolute Gasteiger partial charge is 0.469 e. The molecule has 0 radical (unpaired) electrons. The third kappa shape index (κ3) is 9.31. The van der Waals surface area contributed by atoms with Gasteiger partial charge >= 0.3 is 7.82 Å². The number of carbonyl (C=O) groups excluding carboxylic acids is 1. The number of nitrogens with two attached hydrogens (primary N) is 1. The van der Waals surface area contributed by atoms with Crippen molar-refractivity contribution in [2.24, 2.45) is 5.73 Å². The zero-order valence-electron chi connectivity index (χ0n) is 17.1. The lowest BCUT2D eigenvalue weighted by Crippen LogP contribution is -2.41. The van der Waals surface area contributed by atoms with Crippen LogP contribution in [0.25, 0.3) is 0 Å². The molecule has 1 heterocycles. The van der Waals surface area contributed by atoms with Crippen LogP contribution in [0, 0.1) is 0 Å². The number of thiophene rings is 1. The van der Waals surface area contributed by atoms with Gasteiger partial charge in [0.25, 0.3) is 0 Å². The van der Waals surface area contributed by atoms with Gasteiger partial charge in [-0.15, -0.1) is 23.1 Å². The number of hydrogen-bond donors (Lipinski definition) is 3. The summed E-state index contributed by atoms with van der Waals surface area (Å²) in [5, 5.41) is 0. The summed E-state index contributed by atoms with van der Waals surface area (Å²) in [6.45, 7) is 1.92. The molecule has 7 nitrogen and oxygen atoms in total. The second-order valence-electron chi connectivity index (χ2n) is 7.23. The summed E-state index contributed by atoms with van der Waals surface area (Å²) in [5.74, 6) is 0.874. The van der Waals surface area contributed by atoms with Gasteiger partial charge in [0.15, 0.2) is 5.78 Å². The molecule has 10 heteroatoms. The fraction of sp³-hybridized carbons (Fsp3) is 0.450. The fourth-order valence-electron chi connectivity index (χ4n) is 2.59. The van der Waals surface area contributed by atoms with Crippen LogP contribution >= 0.6 is 30.9 Å². The Bertz CT molecular complexity index is 862. The molecule has 30 heavy (non-hydrogen) atoms. The molecule has 0 amide bonds. The second kappa shape index (κ2) is 11.4. The lowest BCUT2D eigenvalue weighted by molar-refractivity contribution is 0.0977. The van der Waals surface area contributed by atoms with Gasteiger partial charge in [-0.1, -0.05) is 0 Å². The molecule has 2 aromatic rings. The topological polar surface area (TPSA) is 119 Å². The largest absolute Gasteiger partial charge is 0.494 e. The Morgan fingerprint density at radius 2 is 1.93 bits per heavy atom. The van der Waals surface area contributed by atoms with Gasteiger partial charge in [0.05, 0.1) is 18.1 Å². The normalized spacial score (nSPS) is 13.8. The Balaban J connectivity index is 1.72. The van der Waals surface area contributed by atoms with Gasteiger partial charge in [-0.2, -0.15) is 0 Å². The minimum atomic E-state index is -4.54. The molecule has 1 aromatic heterocycles. The maximum atomic E-state index is 12.4. The van der Waals surface area contributed by atoms with Crippen molar-refractivity contribution < 1.29 is 28.4 Å².